The van der Waals surface area contributed by atoms with E-state index in [1.165, 1.54) is 23.5 Å². The van der Waals surface area contributed by atoms with Crippen molar-refractivity contribution in [1.82, 2.24) is 10.6 Å². The summed E-state index contributed by atoms with van der Waals surface area (Å²) in [6.45, 7) is 1.40. The van der Waals surface area contributed by atoms with Gasteiger partial charge in [-0.3, -0.25) is 19.7 Å². The highest BCUT2D eigenvalue weighted by Crippen LogP contribution is 2.14. The number of nitro benzene ring substituents is 1. The van der Waals surface area contributed by atoms with Gasteiger partial charge in [0, 0.05) is 54.8 Å². The predicted molar refractivity (Wildman–Crippen MR) is 100 cm³/mol. The number of carbonyl (C=O) groups is 2. The molecule has 138 valence electrons. The zero-order valence-electron chi connectivity index (χ0n) is 14.1. The average molecular weight is 376 g/mol. The fourth-order valence-electron chi connectivity index (χ4n) is 2.14. The SMILES string of the molecule is O=C(CCCNC(=O)c1ccsc1)NCCNc1ccc([N+](=O)[O-])cc1. The van der Waals surface area contributed by atoms with Gasteiger partial charge in [0.05, 0.1) is 4.92 Å². The first-order valence-corrected chi connectivity index (χ1v) is 9.06. The van der Waals surface area contributed by atoms with Crippen LogP contribution in [0.1, 0.15) is 23.2 Å². The van der Waals surface area contributed by atoms with Crippen molar-refractivity contribution in [2.24, 2.45) is 0 Å². The van der Waals surface area contributed by atoms with Gasteiger partial charge in [-0.1, -0.05) is 0 Å². The first kappa shape index (κ1) is 19.4. The molecule has 0 unspecified atom stereocenters. The van der Waals surface area contributed by atoms with Gasteiger partial charge in [-0.05, 0) is 30.0 Å². The number of anilines is 1. The summed E-state index contributed by atoms with van der Waals surface area (Å²) in [4.78, 5) is 33.5. The van der Waals surface area contributed by atoms with Gasteiger partial charge in [0.2, 0.25) is 5.91 Å². The van der Waals surface area contributed by atoms with Crippen molar-refractivity contribution in [3.8, 4) is 0 Å². The second kappa shape index (κ2) is 10.1. The van der Waals surface area contributed by atoms with Crippen molar-refractivity contribution in [2.45, 2.75) is 12.8 Å². The van der Waals surface area contributed by atoms with Gasteiger partial charge in [-0.2, -0.15) is 11.3 Å². The summed E-state index contributed by atoms with van der Waals surface area (Å²) in [5.41, 5.74) is 1.42. The van der Waals surface area contributed by atoms with Crippen LogP contribution in [0.3, 0.4) is 0 Å². The molecule has 0 bridgehead atoms. The Labute approximate surface area is 154 Å². The van der Waals surface area contributed by atoms with E-state index in [1.807, 2.05) is 5.38 Å². The quantitative estimate of drug-likeness (QED) is 0.335. The molecule has 0 spiro atoms. The van der Waals surface area contributed by atoms with Gasteiger partial charge in [0.15, 0.2) is 0 Å². The third-order valence-electron chi connectivity index (χ3n) is 3.50. The highest BCUT2D eigenvalue weighted by atomic mass is 32.1. The maximum Gasteiger partial charge on any atom is 0.269 e. The van der Waals surface area contributed by atoms with Gasteiger partial charge >= 0.3 is 0 Å². The zero-order chi connectivity index (χ0) is 18.8. The molecule has 0 saturated carbocycles. The van der Waals surface area contributed by atoms with Crippen LogP contribution in [0, 0.1) is 10.1 Å². The Hall–Kier alpha value is -2.94. The van der Waals surface area contributed by atoms with Crippen LogP contribution in [0.4, 0.5) is 11.4 Å². The number of thiophene rings is 1. The van der Waals surface area contributed by atoms with Crippen molar-refractivity contribution in [3.63, 3.8) is 0 Å². The normalized spacial score (nSPS) is 10.2. The van der Waals surface area contributed by atoms with E-state index in [2.05, 4.69) is 16.0 Å². The maximum absolute atomic E-state index is 11.7. The number of hydrogen-bond acceptors (Lipinski definition) is 6. The fourth-order valence-corrected chi connectivity index (χ4v) is 2.78. The molecule has 1 heterocycles. The number of amides is 2. The second-order valence-electron chi connectivity index (χ2n) is 5.45. The number of nitrogens with zero attached hydrogens (tertiary/aromatic N) is 1. The maximum atomic E-state index is 11.7. The van der Waals surface area contributed by atoms with Crippen LogP contribution in [-0.2, 0) is 4.79 Å². The molecular formula is C17H20N4O4S. The minimum absolute atomic E-state index is 0.0370. The predicted octanol–water partition coefficient (Wildman–Crippen LogP) is 2.39. The Bertz CT molecular complexity index is 732. The third-order valence-corrected chi connectivity index (χ3v) is 4.19. The summed E-state index contributed by atoms with van der Waals surface area (Å²) < 4.78 is 0. The Kier molecular flexibility index (Phi) is 7.56. The fraction of sp³-hybridized carbons (Fsp3) is 0.294. The van der Waals surface area contributed by atoms with Crippen molar-refractivity contribution in [1.29, 1.82) is 0 Å². The standard InChI is InChI=1S/C17H20N4O4S/c22-16(2-1-8-20-17(23)13-7-11-26-12-13)19-10-9-18-14-3-5-15(6-4-14)21(24)25/h3-7,11-12,18H,1-2,8-10H2,(H,19,22)(H,20,23). The molecule has 0 radical (unpaired) electrons. The Morgan fingerprint density at radius 1 is 1.04 bits per heavy atom. The molecule has 3 N–H and O–H groups in total. The molecule has 0 fully saturated rings. The number of carbonyl (C=O) groups excluding carboxylic acids is 2. The van der Waals surface area contributed by atoms with Crippen LogP contribution in [0.15, 0.2) is 41.1 Å². The third kappa shape index (κ3) is 6.52. The number of non-ortho nitro benzene ring substituents is 1. The van der Waals surface area contributed by atoms with Crippen LogP contribution < -0.4 is 16.0 Å². The van der Waals surface area contributed by atoms with E-state index in [4.69, 9.17) is 0 Å². The molecule has 2 amide bonds. The molecule has 0 aliphatic heterocycles. The minimum atomic E-state index is -0.452. The lowest BCUT2D eigenvalue weighted by atomic mass is 10.2. The first-order chi connectivity index (χ1) is 12.6. The molecule has 26 heavy (non-hydrogen) atoms. The summed E-state index contributed by atoms with van der Waals surface area (Å²) >= 11 is 1.46. The lowest BCUT2D eigenvalue weighted by Crippen LogP contribution is -2.30. The van der Waals surface area contributed by atoms with E-state index < -0.39 is 4.92 Å². The number of benzene rings is 1. The van der Waals surface area contributed by atoms with Crippen molar-refractivity contribution < 1.29 is 14.5 Å². The van der Waals surface area contributed by atoms with Crippen LogP contribution in [0.2, 0.25) is 0 Å². The van der Waals surface area contributed by atoms with E-state index in [0.29, 0.717) is 38.0 Å². The number of nitro groups is 1. The van der Waals surface area contributed by atoms with E-state index in [9.17, 15) is 19.7 Å². The highest BCUT2D eigenvalue weighted by Gasteiger charge is 2.06. The van der Waals surface area contributed by atoms with Crippen LogP contribution >= 0.6 is 11.3 Å². The molecule has 0 aliphatic carbocycles. The zero-order valence-corrected chi connectivity index (χ0v) is 14.9. The lowest BCUT2D eigenvalue weighted by molar-refractivity contribution is -0.384. The van der Waals surface area contributed by atoms with Crippen LogP contribution in [0.25, 0.3) is 0 Å². The van der Waals surface area contributed by atoms with Crippen molar-refractivity contribution in [2.75, 3.05) is 25.0 Å². The Balaban J connectivity index is 1.53. The smallest absolute Gasteiger partial charge is 0.269 e. The summed E-state index contributed by atoms with van der Waals surface area (Å²) in [6.07, 6.45) is 0.902. The number of rotatable bonds is 10. The van der Waals surface area contributed by atoms with E-state index in [0.717, 1.165) is 5.69 Å². The number of nitrogens with one attached hydrogen (secondary N) is 3. The number of hydrogen-bond donors (Lipinski definition) is 3. The van der Waals surface area contributed by atoms with Gasteiger partial charge in [0.25, 0.3) is 11.6 Å². The second-order valence-corrected chi connectivity index (χ2v) is 6.23. The molecule has 1 aromatic carbocycles. The molecule has 0 saturated heterocycles. The summed E-state index contributed by atoms with van der Waals surface area (Å²) in [7, 11) is 0. The van der Waals surface area contributed by atoms with Crippen molar-refractivity contribution in [3.05, 3.63) is 56.8 Å². The lowest BCUT2D eigenvalue weighted by Gasteiger charge is -2.08. The summed E-state index contributed by atoms with van der Waals surface area (Å²) in [5.74, 6) is -0.209. The Morgan fingerprint density at radius 2 is 1.81 bits per heavy atom. The van der Waals surface area contributed by atoms with Gasteiger partial charge in [0.1, 0.15) is 0 Å². The van der Waals surface area contributed by atoms with E-state index in [1.54, 1.807) is 23.6 Å². The molecule has 1 aromatic heterocycles. The minimum Gasteiger partial charge on any atom is -0.383 e. The van der Waals surface area contributed by atoms with Gasteiger partial charge in [-0.15, -0.1) is 0 Å². The largest absolute Gasteiger partial charge is 0.383 e. The summed E-state index contributed by atoms with van der Waals surface area (Å²) in [5, 5.41) is 22.8. The molecular weight excluding hydrogens is 356 g/mol. The molecule has 9 heteroatoms. The monoisotopic (exact) mass is 376 g/mol. The molecule has 2 rings (SSSR count). The molecule has 2 aromatic rings. The summed E-state index contributed by atoms with van der Waals surface area (Å²) in [6, 6.07) is 7.84. The highest BCUT2D eigenvalue weighted by molar-refractivity contribution is 7.08. The Morgan fingerprint density at radius 3 is 2.46 bits per heavy atom. The molecule has 8 nitrogen and oxygen atoms in total. The van der Waals surface area contributed by atoms with Gasteiger partial charge < -0.3 is 16.0 Å². The first-order valence-electron chi connectivity index (χ1n) is 8.11. The van der Waals surface area contributed by atoms with Crippen LogP contribution in [0.5, 0.6) is 0 Å². The average Bonchev–Trinajstić information content (AvgIpc) is 3.17. The van der Waals surface area contributed by atoms with E-state index in [-0.39, 0.29) is 17.5 Å². The molecule has 0 aliphatic rings. The molecule has 0 atom stereocenters. The van der Waals surface area contributed by atoms with E-state index >= 15 is 0 Å². The topological polar surface area (TPSA) is 113 Å². The van der Waals surface area contributed by atoms with Gasteiger partial charge in [-0.25, -0.2) is 0 Å². The van der Waals surface area contributed by atoms with Crippen molar-refractivity contribution >= 4 is 34.5 Å². The van der Waals surface area contributed by atoms with Crippen LogP contribution in [-0.4, -0.2) is 36.4 Å².